The molecule has 316 valence electrons. The molecule has 3 heterocycles. The molecule has 2 aliphatic rings. The number of halogens is 2. The fraction of sp³-hybridized carbons (Fsp3) is 0.476. The Kier molecular flexibility index (Phi) is 13.2. The second-order valence-electron chi connectivity index (χ2n) is 17.0. The zero-order valence-electron chi connectivity index (χ0n) is 34.7. The predicted octanol–water partition coefficient (Wildman–Crippen LogP) is 7.78. The van der Waals surface area contributed by atoms with Gasteiger partial charge < -0.3 is 40.3 Å². The quantitative estimate of drug-likeness (QED) is 0.0798. The minimum absolute atomic E-state index is 0.157. The van der Waals surface area contributed by atoms with Gasteiger partial charge in [0.1, 0.15) is 29.4 Å². The van der Waals surface area contributed by atoms with Gasteiger partial charge in [0.25, 0.3) is 0 Å². The van der Waals surface area contributed by atoms with Crippen molar-refractivity contribution in [1.82, 2.24) is 40.8 Å². The summed E-state index contributed by atoms with van der Waals surface area (Å²) in [5, 5.41) is 8.57. The second-order valence-corrected chi connectivity index (χ2v) is 22.4. The van der Waals surface area contributed by atoms with E-state index in [2.05, 4.69) is 44.0 Å². The van der Waals surface area contributed by atoms with E-state index in [1.807, 2.05) is 81.1 Å². The lowest BCUT2D eigenvalue weighted by atomic mass is 10.0. The van der Waals surface area contributed by atoms with Gasteiger partial charge in [-0.05, 0) is 41.3 Å². The van der Waals surface area contributed by atoms with Gasteiger partial charge in [-0.25, -0.2) is 19.6 Å². The predicted molar refractivity (Wildman–Crippen MR) is 225 cm³/mol. The van der Waals surface area contributed by atoms with Crippen molar-refractivity contribution in [1.29, 1.82) is 0 Å². The normalized spacial score (nSPS) is 17.7. The second kappa shape index (κ2) is 18.0. The van der Waals surface area contributed by atoms with Crippen LogP contribution in [-0.2, 0) is 19.1 Å². The third kappa shape index (κ3) is 10.2. The van der Waals surface area contributed by atoms with Crippen LogP contribution in [0.1, 0.15) is 70.7 Å². The lowest BCUT2D eigenvalue weighted by molar-refractivity contribution is -0.135. The smallest absolute Gasteiger partial charge is 0.407 e. The Morgan fingerprint density at radius 1 is 0.814 bits per heavy atom. The number of alkyl carbamates (subject to hydrolysis) is 2. The van der Waals surface area contributed by atoms with Gasteiger partial charge >= 0.3 is 12.2 Å². The minimum Gasteiger partial charge on any atom is -0.453 e. The maximum Gasteiger partial charge on any atom is 0.407 e. The summed E-state index contributed by atoms with van der Waals surface area (Å²) in [6.45, 7) is 11.9. The lowest BCUT2D eigenvalue weighted by Crippen LogP contribution is -2.52. The Balaban J connectivity index is 1.17. The molecule has 14 nitrogen and oxygen atoms in total. The summed E-state index contributed by atoms with van der Waals surface area (Å²) in [6, 6.07) is 13.6. The lowest BCUT2D eigenvalue weighted by Gasteiger charge is -2.30. The van der Waals surface area contributed by atoms with Crippen molar-refractivity contribution in [2.75, 3.05) is 20.4 Å². The molecule has 6 rings (SSSR count). The molecule has 0 bridgehead atoms. The SMILES string of the molecule is COC(=O)N[C@H](C(=O)N[C@@H](CC1CC1)c1nc(F)c(-c2ccc(-c3ccc(-c4[nH]c([C@@H]5C[Si](C)(C)CN5C(=O)[C@@H](NC(=O)OC)C(C)C)nc4Cl)cc3)cc2)[nH]1)C(C)C. The number of ether oxygens (including phenoxy) is 2. The van der Waals surface area contributed by atoms with Crippen molar-refractivity contribution in [3.05, 3.63) is 71.3 Å². The summed E-state index contributed by atoms with van der Waals surface area (Å²) in [6.07, 6.45) is 1.89. The third-order valence-corrected chi connectivity index (χ3v) is 14.0. The molecular weight excluding hydrogens is 795 g/mol. The summed E-state index contributed by atoms with van der Waals surface area (Å²) in [7, 11) is 0.685. The van der Waals surface area contributed by atoms with Crippen LogP contribution in [0, 0.1) is 23.7 Å². The molecule has 1 aliphatic heterocycles. The molecule has 59 heavy (non-hydrogen) atoms. The van der Waals surface area contributed by atoms with Crippen LogP contribution in [0.25, 0.3) is 33.6 Å². The molecule has 1 aliphatic carbocycles. The number of H-pyrrole nitrogens is 2. The molecule has 1 saturated heterocycles. The van der Waals surface area contributed by atoms with Gasteiger partial charge in [-0.3, -0.25) is 9.59 Å². The van der Waals surface area contributed by atoms with Crippen LogP contribution in [0.15, 0.2) is 48.5 Å². The average Bonchev–Trinajstić information content (AvgIpc) is 3.67. The Bertz CT molecular complexity index is 2150. The zero-order valence-corrected chi connectivity index (χ0v) is 36.5. The first kappa shape index (κ1) is 43.4. The molecule has 2 aromatic carbocycles. The average molecular weight is 849 g/mol. The van der Waals surface area contributed by atoms with Crippen LogP contribution in [0.3, 0.4) is 0 Å². The summed E-state index contributed by atoms with van der Waals surface area (Å²) in [4.78, 5) is 68.5. The number of aromatic amines is 2. The molecule has 0 unspecified atom stereocenters. The van der Waals surface area contributed by atoms with Gasteiger partial charge in [-0.1, -0.05) is 114 Å². The van der Waals surface area contributed by atoms with Crippen molar-refractivity contribution in [2.24, 2.45) is 17.8 Å². The number of carbonyl (C=O) groups is 4. The summed E-state index contributed by atoms with van der Waals surface area (Å²) in [5.74, 6) is -0.322. The van der Waals surface area contributed by atoms with E-state index in [0.717, 1.165) is 35.6 Å². The van der Waals surface area contributed by atoms with Gasteiger partial charge in [-0.15, -0.1) is 0 Å². The Hall–Kier alpha value is -5.22. The minimum atomic E-state index is -1.83. The monoisotopic (exact) mass is 848 g/mol. The third-order valence-electron chi connectivity index (χ3n) is 11.1. The topological polar surface area (TPSA) is 183 Å². The largest absolute Gasteiger partial charge is 0.453 e. The number of hydrogen-bond acceptors (Lipinski definition) is 8. The van der Waals surface area contributed by atoms with Crippen LogP contribution < -0.4 is 16.0 Å². The maximum absolute atomic E-state index is 15.5. The molecule has 0 spiro atoms. The van der Waals surface area contributed by atoms with E-state index < -0.39 is 50.2 Å². The molecule has 0 radical (unpaired) electrons. The van der Waals surface area contributed by atoms with E-state index >= 15 is 4.39 Å². The maximum atomic E-state index is 15.5. The summed E-state index contributed by atoms with van der Waals surface area (Å²) in [5.41, 5.74) is 4.08. The number of amides is 4. The van der Waals surface area contributed by atoms with Gasteiger partial charge in [0.15, 0.2) is 5.15 Å². The Labute approximate surface area is 349 Å². The number of carbonyl (C=O) groups excluding carboxylic acids is 4. The first-order chi connectivity index (χ1) is 28.0. The molecular formula is C42H54ClFN8O6Si. The summed E-state index contributed by atoms with van der Waals surface area (Å²) >= 11 is 6.74. The van der Waals surface area contributed by atoms with Crippen molar-refractivity contribution in [2.45, 2.75) is 90.3 Å². The molecule has 4 atom stereocenters. The molecule has 4 amide bonds. The van der Waals surface area contributed by atoms with Crippen LogP contribution >= 0.6 is 11.6 Å². The molecule has 5 N–H and O–H groups in total. The number of rotatable bonds is 14. The standard InChI is InChI=1S/C42H54ClFN8O6Si/c1-22(2)31(48-41(55)57-5)39(53)45-29(19-24-9-10-24)37-47-34(36(44)51-37)28-17-13-26(14-18-28)25-11-15-27(16-12-25)33-35(43)50-38(46-33)30-20-59(7,8)21-52(30)40(54)32(23(3)4)49-42(56)58-6/h11-18,22-24,29-32H,9-10,19-21H2,1-8H3,(H,45,53)(H,46,50)(H,47,51)(H,48,55)(H,49,56)/t29-,30-,31-,32-/m0/s1. The zero-order chi connectivity index (χ0) is 42.8. The number of aromatic nitrogens is 4. The van der Waals surface area contributed by atoms with Crippen molar-refractivity contribution >= 4 is 43.7 Å². The fourth-order valence-electron chi connectivity index (χ4n) is 7.63. The van der Waals surface area contributed by atoms with E-state index in [1.165, 1.54) is 14.2 Å². The van der Waals surface area contributed by atoms with Gasteiger partial charge in [-0.2, -0.15) is 4.39 Å². The van der Waals surface area contributed by atoms with Crippen LogP contribution in [-0.4, -0.2) is 89.4 Å². The fourth-order valence-corrected chi connectivity index (χ4v) is 10.8. The Morgan fingerprint density at radius 3 is 1.86 bits per heavy atom. The number of nitrogens with one attached hydrogen (secondary N) is 5. The number of hydrogen-bond donors (Lipinski definition) is 5. The van der Waals surface area contributed by atoms with E-state index in [0.29, 0.717) is 46.6 Å². The molecule has 1 saturated carbocycles. The highest BCUT2D eigenvalue weighted by Gasteiger charge is 2.46. The van der Waals surface area contributed by atoms with Gasteiger partial charge in [0.05, 0.1) is 40.1 Å². The first-order valence-electron chi connectivity index (χ1n) is 20.0. The number of benzene rings is 2. The van der Waals surface area contributed by atoms with Crippen LogP contribution in [0.4, 0.5) is 14.0 Å². The highest BCUT2D eigenvalue weighted by atomic mass is 35.5. The van der Waals surface area contributed by atoms with Gasteiger partial charge in [0.2, 0.25) is 17.8 Å². The van der Waals surface area contributed by atoms with Crippen LogP contribution in [0.5, 0.6) is 0 Å². The van der Waals surface area contributed by atoms with Crippen molar-refractivity contribution in [3.8, 4) is 33.6 Å². The Morgan fingerprint density at radius 2 is 1.34 bits per heavy atom. The number of methoxy groups -OCH3 is 2. The van der Waals surface area contributed by atoms with E-state index in [9.17, 15) is 19.2 Å². The molecule has 4 aromatic rings. The first-order valence-corrected chi connectivity index (χ1v) is 23.8. The molecule has 2 aromatic heterocycles. The number of imidazole rings is 2. The highest BCUT2D eigenvalue weighted by molar-refractivity contribution is 6.78. The van der Waals surface area contributed by atoms with E-state index in [-0.39, 0.29) is 29.5 Å². The number of nitrogens with zero attached hydrogens (tertiary/aromatic N) is 3. The molecule has 2 fully saturated rings. The van der Waals surface area contributed by atoms with Crippen LogP contribution in [0.2, 0.25) is 24.3 Å². The van der Waals surface area contributed by atoms with Gasteiger partial charge in [0, 0.05) is 17.3 Å². The summed E-state index contributed by atoms with van der Waals surface area (Å²) < 4.78 is 24.9. The van der Waals surface area contributed by atoms with Crippen molar-refractivity contribution < 1.29 is 33.0 Å². The van der Waals surface area contributed by atoms with E-state index in [1.54, 1.807) is 0 Å². The van der Waals surface area contributed by atoms with Crippen molar-refractivity contribution in [3.63, 3.8) is 0 Å². The highest BCUT2D eigenvalue weighted by Crippen LogP contribution is 2.41. The van der Waals surface area contributed by atoms with E-state index in [4.69, 9.17) is 26.1 Å². The molecule has 17 heteroatoms.